The molecule has 1 amide bonds. The fraction of sp³-hybridized carbons (Fsp3) is 0.667. The number of carbonyl (C=O) groups excluding carboxylic acids is 2. The lowest BCUT2D eigenvalue weighted by Crippen LogP contribution is -2.63. The van der Waals surface area contributed by atoms with Crippen molar-refractivity contribution in [2.24, 2.45) is 0 Å². The molecule has 0 aromatic heterocycles. The number of hydrogen-bond acceptors (Lipinski definition) is 7. The van der Waals surface area contributed by atoms with E-state index in [9.17, 15) is 9.59 Å². The van der Waals surface area contributed by atoms with Gasteiger partial charge in [-0.25, -0.2) is 4.79 Å². The van der Waals surface area contributed by atoms with E-state index in [1.54, 1.807) is 4.90 Å². The molecule has 8 heteroatoms. The van der Waals surface area contributed by atoms with Gasteiger partial charge in [0.2, 0.25) is 0 Å². The zero-order chi connectivity index (χ0) is 23.1. The van der Waals surface area contributed by atoms with Crippen molar-refractivity contribution in [3.8, 4) is 0 Å². The predicted octanol–water partition coefficient (Wildman–Crippen LogP) is 2.37. The minimum absolute atomic E-state index is 0.00994. The number of esters is 1. The summed E-state index contributed by atoms with van der Waals surface area (Å²) in [4.78, 5) is 31.6. The number of morpholine rings is 1. The van der Waals surface area contributed by atoms with Gasteiger partial charge in [-0.2, -0.15) is 0 Å². The van der Waals surface area contributed by atoms with Crippen LogP contribution in [0.2, 0.25) is 0 Å². The normalized spacial score (nSPS) is 25.0. The van der Waals surface area contributed by atoms with Crippen LogP contribution in [0, 0.1) is 0 Å². The number of rotatable bonds is 7. The molecule has 178 valence electrons. The van der Waals surface area contributed by atoms with Gasteiger partial charge in [-0.3, -0.25) is 14.6 Å². The van der Waals surface area contributed by atoms with E-state index in [0.29, 0.717) is 32.3 Å². The lowest BCUT2D eigenvalue weighted by Gasteiger charge is -2.47. The summed E-state index contributed by atoms with van der Waals surface area (Å²) in [6.45, 7) is 12.4. The molecule has 3 rings (SSSR count). The monoisotopic (exact) mass is 447 g/mol. The standard InChI is InChI=1S/C24H37N3O5/c1-18(2)32-24(29)27-14-22(13-25-10-11-30-16-20(25)4)26(12-19(27)3)15-23(28)31-17-21-8-6-5-7-9-21/h5-9,18-20,22H,10-17H2,1-4H3/t19-,20-,22+/m1/s1. The van der Waals surface area contributed by atoms with E-state index in [1.807, 2.05) is 51.1 Å². The lowest BCUT2D eigenvalue weighted by atomic mass is 10.1. The van der Waals surface area contributed by atoms with Crippen LogP contribution in [0.25, 0.3) is 0 Å². The number of piperazine rings is 1. The molecule has 8 nitrogen and oxygen atoms in total. The van der Waals surface area contributed by atoms with Gasteiger partial charge >= 0.3 is 12.1 Å². The van der Waals surface area contributed by atoms with Crippen molar-refractivity contribution < 1.29 is 23.8 Å². The fourth-order valence-corrected chi connectivity index (χ4v) is 4.25. The Morgan fingerprint density at radius 3 is 2.53 bits per heavy atom. The van der Waals surface area contributed by atoms with Crippen molar-refractivity contribution in [1.82, 2.24) is 14.7 Å². The summed E-state index contributed by atoms with van der Waals surface area (Å²) in [6, 6.07) is 9.94. The minimum Gasteiger partial charge on any atom is -0.460 e. The molecule has 0 radical (unpaired) electrons. The number of amides is 1. The van der Waals surface area contributed by atoms with Gasteiger partial charge in [-0.1, -0.05) is 30.3 Å². The van der Waals surface area contributed by atoms with Gasteiger partial charge in [0, 0.05) is 44.3 Å². The van der Waals surface area contributed by atoms with Crippen molar-refractivity contribution in [3.63, 3.8) is 0 Å². The van der Waals surface area contributed by atoms with Crippen LogP contribution in [0.1, 0.15) is 33.3 Å². The first-order chi connectivity index (χ1) is 15.3. The van der Waals surface area contributed by atoms with Crippen LogP contribution < -0.4 is 0 Å². The molecule has 1 aromatic carbocycles. The zero-order valence-corrected chi connectivity index (χ0v) is 19.7. The molecule has 1 aromatic rings. The second kappa shape index (κ2) is 11.6. The number of benzene rings is 1. The molecule has 0 aliphatic carbocycles. The molecular weight excluding hydrogens is 410 g/mol. The Kier molecular flexibility index (Phi) is 8.90. The van der Waals surface area contributed by atoms with Crippen LogP contribution in [-0.2, 0) is 25.6 Å². The van der Waals surface area contributed by atoms with Gasteiger partial charge in [0.15, 0.2) is 0 Å². The number of nitrogens with zero attached hydrogens (tertiary/aromatic N) is 3. The summed E-state index contributed by atoms with van der Waals surface area (Å²) in [7, 11) is 0. The topological polar surface area (TPSA) is 71.6 Å². The van der Waals surface area contributed by atoms with E-state index in [0.717, 1.165) is 18.7 Å². The van der Waals surface area contributed by atoms with Crippen molar-refractivity contribution >= 4 is 12.1 Å². The first-order valence-corrected chi connectivity index (χ1v) is 11.6. The smallest absolute Gasteiger partial charge is 0.410 e. The highest BCUT2D eigenvalue weighted by Crippen LogP contribution is 2.20. The largest absolute Gasteiger partial charge is 0.460 e. The SMILES string of the molecule is CC(C)OC(=O)N1C[C@H](CN2CCOC[C@H]2C)N(CC(=O)OCc2ccccc2)C[C@H]1C. The Hall–Kier alpha value is -2.16. The molecule has 0 N–H and O–H groups in total. The van der Waals surface area contributed by atoms with E-state index in [-0.39, 0.29) is 43.4 Å². The zero-order valence-electron chi connectivity index (χ0n) is 19.7. The summed E-state index contributed by atoms with van der Waals surface area (Å²) in [6.07, 6.45) is -0.461. The van der Waals surface area contributed by atoms with Gasteiger partial charge in [0.1, 0.15) is 6.61 Å². The first-order valence-electron chi connectivity index (χ1n) is 11.6. The number of hydrogen-bond donors (Lipinski definition) is 0. The molecule has 0 bridgehead atoms. The molecule has 3 atom stereocenters. The van der Waals surface area contributed by atoms with Gasteiger partial charge < -0.3 is 19.1 Å². The Morgan fingerprint density at radius 1 is 1.09 bits per heavy atom. The van der Waals surface area contributed by atoms with Gasteiger partial charge in [-0.15, -0.1) is 0 Å². The maximum Gasteiger partial charge on any atom is 0.410 e. The Balaban J connectivity index is 1.65. The average molecular weight is 448 g/mol. The second-order valence-electron chi connectivity index (χ2n) is 9.08. The van der Waals surface area contributed by atoms with Crippen LogP contribution in [0.3, 0.4) is 0 Å². The molecule has 2 aliphatic heterocycles. The van der Waals surface area contributed by atoms with Crippen molar-refractivity contribution in [1.29, 1.82) is 0 Å². The Labute approximate surface area is 191 Å². The first kappa shape index (κ1) is 24.5. The highest BCUT2D eigenvalue weighted by Gasteiger charge is 2.38. The molecule has 2 saturated heterocycles. The second-order valence-corrected chi connectivity index (χ2v) is 9.08. The van der Waals surface area contributed by atoms with Gasteiger partial charge in [0.25, 0.3) is 0 Å². The van der Waals surface area contributed by atoms with Crippen LogP contribution in [0.4, 0.5) is 4.79 Å². The van der Waals surface area contributed by atoms with Crippen LogP contribution in [-0.4, -0.2) is 96.9 Å². The van der Waals surface area contributed by atoms with E-state index >= 15 is 0 Å². The number of carbonyl (C=O) groups is 2. The highest BCUT2D eigenvalue weighted by molar-refractivity contribution is 5.72. The lowest BCUT2D eigenvalue weighted by molar-refractivity contribution is -0.148. The maximum atomic E-state index is 12.7. The van der Waals surface area contributed by atoms with E-state index in [1.165, 1.54) is 0 Å². The third-order valence-electron chi connectivity index (χ3n) is 6.05. The van der Waals surface area contributed by atoms with Crippen LogP contribution in [0.5, 0.6) is 0 Å². The molecule has 2 heterocycles. The molecule has 32 heavy (non-hydrogen) atoms. The summed E-state index contributed by atoms with van der Waals surface area (Å²) >= 11 is 0. The quantitative estimate of drug-likeness (QED) is 0.594. The third kappa shape index (κ3) is 6.92. The van der Waals surface area contributed by atoms with E-state index in [2.05, 4.69) is 16.7 Å². The molecule has 2 aliphatic rings. The van der Waals surface area contributed by atoms with Crippen LogP contribution >= 0.6 is 0 Å². The molecule has 0 unspecified atom stereocenters. The average Bonchev–Trinajstić information content (AvgIpc) is 2.75. The van der Waals surface area contributed by atoms with Crippen molar-refractivity contribution in [2.45, 2.75) is 58.5 Å². The van der Waals surface area contributed by atoms with E-state index in [4.69, 9.17) is 14.2 Å². The molecule has 0 spiro atoms. The molecule has 2 fully saturated rings. The fourth-order valence-electron chi connectivity index (χ4n) is 4.25. The Bertz CT molecular complexity index is 744. The third-order valence-corrected chi connectivity index (χ3v) is 6.05. The predicted molar refractivity (Wildman–Crippen MR) is 121 cm³/mol. The maximum absolute atomic E-state index is 12.7. The minimum atomic E-state index is -0.293. The highest BCUT2D eigenvalue weighted by atomic mass is 16.6. The van der Waals surface area contributed by atoms with Crippen molar-refractivity contribution in [2.75, 3.05) is 45.9 Å². The van der Waals surface area contributed by atoms with Gasteiger partial charge in [0.05, 0.1) is 25.9 Å². The summed E-state index contributed by atoms with van der Waals surface area (Å²) in [5, 5.41) is 0. The van der Waals surface area contributed by atoms with E-state index < -0.39 is 0 Å². The summed E-state index contributed by atoms with van der Waals surface area (Å²) in [5.41, 5.74) is 0.967. The summed E-state index contributed by atoms with van der Waals surface area (Å²) in [5.74, 6) is -0.251. The van der Waals surface area contributed by atoms with Crippen molar-refractivity contribution in [3.05, 3.63) is 35.9 Å². The van der Waals surface area contributed by atoms with Crippen LogP contribution in [0.15, 0.2) is 30.3 Å². The summed E-state index contributed by atoms with van der Waals surface area (Å²) < 4.78 is 16.6. The van der Waals surface area contributed by atoms with Gasteiger partial charge in [-0.05, 0) is 33.3 Å². The number of ether oxygens (including phenoxy) is 3. The molecule has 0 saturated carbocycles. The Morgan fingerprint density at radius 2 is 1.84 bits per heavy atom. The molecular formula is C24H37N3O5.